The lowest BCUT2D eigenvalue weighted by Crippen LogP contribution is -2.07. The molecule has 0 saturated heterocycles. The highest BCUT2D eigenvalue weighted by Crippen LogP contribution is 2.19. The van der Waals surface area contributed by atoms with E-state index in [9.17, 15) is 4.79 Å². The molecule has 4 nitrogen and oxygen atoms in total. The maximum atomic E-state index is 12.1. The van der Waals surface area contributed by atoms with Crippen molar-refractivity contribution in [3.63, 3.8) is 0 Å². The number of carbonyl (C=O) groups is 1. The minimum Gasteiger partial charge on any atom is -0.496 e. The molecule has 0 aromatic heterocycles. The lowest BCUT2D eigenvalue weighted by molar-refractivity contribution is -0.111. The predicted molar refractivity (Wildman–Crippen MR) is 108 cm³/mol. The molecule has 0 unspecified atom stereocenters. The van der Waals surface area contributed by atoms with Crippen molar-refractivity contribution in [2.45, 2.75) is 6.61 Å². The van der Waals surface area contributed by atoms with Crippen LogP contribution in [0.1, 0.15) is 11.1 Å². The Bertz CT molecular complexity index is 902. The summed E-state index contributed by atoms with van der Waals surface area (Å²) in [5.74, 6) is 1.27. The van der Waals surface area contributed by atoms with Crippen molar-refractivity contribution in [3.05, 3.63) is 96.1 Å². The van der Waals surface area contributed by atoms with Gasteiger partial charge in [-0.15, -0.1) is 0 Å². The third-order valence-electron chi connectivity index (χ3n) is 3.92. The van der Waals surface area contributed by atoms with E-state index in [2.05, 4.69) is 5.32 Å². The number of para-hydroxylation sites is 1. The normalized spacial score (nSPS) is 10.6. The SMILES string of the molecule is COc1ccccc1/C=C/C(=O)Nc1ccc(OCc2ccccc2)cc1. The molecule has 0 bridgehead atoms. The van der Waals surface area contributed by atoms with E-state index in [4.69, 9.17) is 9.47 Å². The van der Waals surface area contributed by atoms with E-state index >= 15 is 0 Å². The molecule has 0 atom stereocenters. The highest BCUT2D eigenvalue weighted by Gasteiger charge is 2.02. The van der Waals surface area contributed by atoms with Crippen molar-refractivity contribution in [1.29, 1.82) is 0 Å². The van der Waals surface area contributed by atoms with Crippen LogP contribution in [-0.4, -0.2) is 13.0 Å². The van der Waals surface area contributed by atoms with Gasteiger partial charge in [0.1, 0.15) is 18.1 Å². The first-order valence-electron chi connectivity index (χ1n) is 8.63. The Labute approximate surface area is 159 Å². The summed E-state index contributed by atoms with van der Waals surface area (Å²) in [4.78, 5) is 12.1. The molecule has 0 heterocycles. The molecule has 27 heavy (non-hydrogen) atoms. The first-order valence-corrected chi connectivity index (χ1v) is 8.63. The Morgan fingerprint density at radius 3 is 2.37 bits per heavy atom. The van der Waals surface area contributed by atoms with Gasteiger partial charge in [0.05, 0.1) is 7.11 Å². The molecular formula is C23H21NO3. The topological polar surface area (TPSA) is 47.6 Å². The van der Waals surface area contributed by atoms with E-state index in [1.807, 2.05) is 78.9 Å². The van der Waals surface area contributed by atoms with E-state index in [1.165, 1.54) is 6.08 Å². The zero-order valence-corrected chi connectivity index (χ0v) is 15.1. The average Bonchev–Trinajstić information content (AvgIpc) is 2.72. The molecule has 0 spiro atoms. The fourth-order valence-electron chi connectivity index (χ4n) is 2.53. The van der Waals surface area contributed by atoms with Gasteiger partial charge in [-0.3, -0.25) is 4.79 Å². The van der Waals surface area contributed by atoms with Gasteiger partial charge in [-0.25, -0.2) is 0 Å². The lowest BCUT2D eigenvalue weighted by atomic mass is 10.2. The molecule has 0 aliphatic rings. The van der Waals surface area contributed by atoms with Crippen LogP contribution in [0.5, 0.6) is 11.5 Å². The molecule has 0 fully saturated rings. The van der Waals surface area contributed by atoms with Crippen molar-refractivity contribution in [2.75, 3.05) is 12.4 Å². The quantitative estimate of drug-likeness (QED) is 0.609. The first-order chi connectivity index (χ1) is 13.2. The molecule has 136 valence electrons. The molecule has 3 aromatic carbocycles. The van der Waals surface area contributed by atoms with Gasteiger partial charge in [0, 0.05) is 17.3 Å². The number of rotatable bonds is 7. The number of nitrogens with one attached hydrogen (secondary N) is 1. The van der Waals surface area contributed by atoms with Crippen LogP contribution in [-0.2, 0) is 11.4 Å². The van der Waals surface area contributed by atoms with Crippen LogP contribution < -0.4 is 14.8 Å². The summed E-state index contributed by atoms with van der Waals surface area (Å²) in [5.41, 5.74) is 2.66. The van der Waals surface area contributed by atoms with Gasteiger partial charge in [-0.2, -0.15) is 0 Å². The van der Waals surface area contributed by atoms with Gasteiger partial charge in [0.25, 0.3) is 0 Å². The van der Waals surface area contributed by atoms with Crippen LogP contribution in [0.25, 0.3) is 6.08 Å². The molecule has 0 radical (unpaired) electrons. The number of carbonyl (C=O) groups excluding carboxylic acids is 1. The summed E-state index contributed by atoms with van der Waals surface area (Å²) < 4.78 is 11.0. The summed E-state index contributed by atoms with van der Waals surface area (Å²) in [6.07, 6.45) is 3.21. The highest BCUT2D eigenvalue weighted by molar-refractivity contribution is 6.02. The van der Waals surface area contributed by atoms with E-state index in [0.717, 1.165) is 22.6 Å². The average molecular weight is 359 g/mol. The van der Waals surface area contributed by atoms with Gasteiger partial charge < -0.3 is 14.8 Å². The fraction of sp³-hybridized carbons (Fsp3) is 0.0870. The fourth-order valence-corrected chi connectivity index (χ4v) is 2.53. The number of benzene rings is 3. The third-order valence-corrected chi connectivity index (χ3v) is 3.92. The summed E-state index contributed by atoms with van der Waals surface area (Å²) in [5, 5.41) is 2.83. The zero-order chi connectivity index (χ0) is 18.9. The Morgan fingerprint density at radius 1 is 0.926 bits per heavy atom. The third kappa shape index (κ3) is 5.47. The van der Waals surface area contributed by atoms with Crippen LogP contribution in [0, 0.1) is 0 Å². The zero-order valence-electron chi connectivity index (χ0n) is 15.1. The van der Waals surface area contributed by atoms with E-state index < -0.39 is 0 Å². The number of methoxy groups -OCH3 is 1. The Morgan fingerprint density at radius 2 is 1.63 bits per heavy atom. The molecule has 0 aliphatic heterocycles. The molecule has 1 N–H and O–H groups in total. The second-order valence-corrected chi connectivity index (χ2v) is 5.86. The largest absolute Gasteiger partial charge is 0.496 e. The monoisotopic (exact) mass is 359 g/mol. The lowest BCUT2D eigenvalue weighted by Gasteiger charge is -2.08. The number of hydrogen-bond acceptors (Lipinski definition) is 3. The number of hydrogen-bond donors (Lipinski definition) is 1. The molecule has 0 saturated carbocycles. The van der Waals surface area contributed by atoms with Gasteiger partial charge >= 0.3 is 0 Å². The standard InChI is InChI=1S/C23H21NO3/c1-26-22-10-6-5-9-19(22)11-16-23(25)24-20-12-14-21(15-13-20)27-17-18-7-3-2-4-8-18/h2-16H,17H2,1H3,(H,24,25)/b16-11+. The predicted octanol–water partition coefficient (Wildman–Crippen LogP) is 4.93. The van der Waals surface area contributed by atoms with Crippen LogP contribution in [0.15, 0.2) is 84.9 Å². The van der Waals surface area contributed by atoms with E-state index in [0.29, 0.717) is 12.3 Å². The van der Waals surface area contributed by atoms with Gasteiger partial charge in [-0.1, -0.05) is 48.5 Å². The smallest absolute Gasteiger partial charge is 0.248 e. The summed E-state index contributed by atoms with van der Waals surface area (Å²) in [6.45, 7) is 0.508. The number of amides is 1. The summed E-state index contributed by atoms with van der Waals surface area (Å²) >= 11 is 0. The minimum absolute atomic E-state index is 0.209. The van der Waals surface area contributed by atoms with Gasteiger partial charge in [0.15, 0.2) is 0 Å². The van der Waals surface area contributed by atoms with Crippen molar-refractivity contribution in [1.82, 2.24) is 0 Å². The first kappa shape index (κ1) is 18.3. The van der Waals surface area contributed by atoms with Crippen LogP contribution in [0.2, 0.25) is 0 Å². The second-order valence-electron chi connectivity index (χ2n) is 5.86. The number of anilines is 1. The second kappa shape index (κ2) is 9.25. The summed E-state index contributed by atoms with van der Waals surface area (Å²) in [6, 6.07) is 24.8. The van der Waals surface area contributed by atoms with Gasteiger partial charge in [-0.05, 0) is 42.0 Å². The van der Waals surface area contributed by atoms with Crippen molar-refractivity contribution < 1.29 is 14.3 Å². The van der Waals surface area contributed by atoms with Crippen LogP contribution >= 0.6 is 0 Å². The molecule has 3 aromatic rings. The van der Waals surface area contributed by atoms with Crippen LogP contribution in [0.3, 0.4) is 0 Å². The highest BCUT2D eigenvalue weighted by atomic mass is 16.5. The maximum Gasteiger partial charge on any atom is 0.248 e. The van der Waals surface area contributed by atoms with E-state index in [-0.39, 0.29) is 5.91 Å². The molecule has 3 rings (SSSR count). The van der Waals surface area contributed by atoms with E-state index in [1.54, 1.807) is 13.2 Å². The summed E-state index contributed by atoms with van der Waals surface area (Å²) in [7, 11) is 1.61. The molecule has 0 aliphatic carbocycles. The Hall–Kier alpha value is -3.53. The molecular weight excluding hydrogens is 338 g/mol. The van der Waals surface area contributed by atoms with Crippen molar-refractivity contribution in [3.8, 4) is 11.5 Å². The van der Waals surface area contributed by atoms with Crippen molar-refractivity contribution in [2.24, 2.45) is 0 Å². The Balaban J connectivity index is 1.54. The molecule has 4 heteroatoms. The number of ether oxygens (including phenoxy) is 2. The molecule has 1 amide bonds. The van der Waals surface area contributed by atoms with Gasteiger partial charge in [0.2, 0.25) is 5.91 Å². The Kier molecular flexibility index (Phi) is 6.26. The minimum atomic E-state index is -0.209. The maximum absolute atomic E-state index is 12.1. The van der Waals surface area contributed by atoms with Crippen LogP contribution in [0.4, 0.5) is 5.69 Å². The van der Waals surface area contributed by atoms with Crippen molar-refractivity contribution >= 4 is 17.7 Å².